The van der Waals surface area contributed by atoms with Crippen molar-refractivity contribution in [1.82, 2.24) is 4.90 Å². The Morgan fingerprint density at radius 1 is 1.24 bits per heavy atom. The van der Waals surface area contributed by atoms with Crippen LogP contribution in [0.5, 0.6) is 5.75 Å². The van der Waals surface area contributed by atoms with Crippen molar-refractivity contribution < 1.29 is 4.74 Å². The Bertz CT molecular complexity index is 963. The van der Waals surface area contributed by atoms with Crippen molar-refractivity contribution in [3.05, 3.63) is 46.1 Å². The predicted octanol–water partition coefficient (Wildman–Crippen LogP) is 4.10. The molecule has 1 aromatic heterocycles. The van der Waals surface area contributed by atoms with Gasteiger partial charge in [0, 0.05) is 21.3 Å². The van der Waals surface area contributed by atoms with Gasteiger partial charge in [-0.1, -0.05) is 12.1 Å². The third kappa shape index (κ3) is 3.48. The van der Waals surface area contributed by atoms with E-state index in [1.165, 1.54) is 0 Å². The molecule has 0 unspecified atom stereocenters. The highest BCUT2D eigenvalue weighted by Crippen LogP contribution is 2.37. The normalized spacial score (nSPS) is 11.4. The number of nitrogens with zero attached hydrogens (tertiary/aromatic N) is 1. The van der Waals surface area contributed by atoms with E-state index in [1.54, 1.807) is 18.4 Å². The van der Waals surface area contributed by atoms with Crippen LogP contribution in [0.2, 0.25) is 0 Å². The van der Waals surface area contributed by atoms with Gasteiger partial charge in [-0.3, -0.25) is 4.79 Å². The molecule has 3 aromatic rings. The number of aryl methyl sites for hydroxylation is 1. The molecule has 0 aliphatic rings. The van der Waals surface area contributed by atoms with Crippen molar-refractivity contribution in [2.24, 2.45) is 0 Å². The van der Waals surface area contributed by atoms with Gasteiger partial charge >= 0.3 is 0 Å². The van der Waals surface area contributed by atoms with Gasteiger partial charge < -0.3 is 15.0 Å². The second-order valence-corrected chi connectivity index (χ2v) is 7.54. The molecule has 0 saturated carbocycles. The quantitative estimate of drug-likeness (QED) is 0.533. The van der Waals surface area contributed by atoms with E-state index in [9.17, 15) is 4.79 Å². The molecule has 132 valence electrons. The molecule has 2 aromatic carbocycles. The van der Waals surface area contributed by atoms with E-state index in [2.05, 4.69) is 24.3 Å². The number of fused-ring (bicyclic) bond motifs is 2. The van der Waals surface area contributed by atoms with Crippen LogP contribution in [-0.4, -0.2) is 39.2 Å². The molecule has 25 heavy (non-hydrogen) atoms. The number of hydrogen-bond acceptors (Lipinski definition) is 5. The number of anilines is 1. The zero-order valence-corrected chi connectivity index (χ0v) is 16.0. The largest absolute Gasteiger partial charge is 0.495 e. The van der Waals surface area contributed by atoms with Crippen LogP contribution in [0.25, 0.3) is 20.2 Å². The van der Waals surface area contributed by atoms with Crippen molar-refractivity contribution in [2.75, 3.05) is 39.6 Å². The predicted molar refractivity (Wildman–Crippen MR) is 109 cm³/mol. The summed E-state index contributed by atoms with van der Waals surface area (Å²) in [6.07, 6.45) is 0.997. The highest BCUT2D eigenvalue weighted by Gasteiger charge is 2.16. The van der Waals surface area contributed by atoms with Crippen LogP contribution < -0.4 is 15.5 Å². The van der Waals surface area contributed by atoms with Gasteiger partial charge in [-0.25, -0.2) is 0 Å². The van der Waals surface area contributed by atoms with Crippen molar-refractivity contribution in [1.29, 1.82) is 0 Å². The van der Waals surface area contributed by atoms with Crippen LogP contribution in [0, 0.1) is 6.92 Å². The first-order valence-corrected chi connectivity index (χ1v) is 9.26. The van der Waals surface area contributed by atoms with Gasteiger partial charge in [-0.05, 0) is 57.7 Å². The van der Waals surface area contributed by atoms with Crippen molar-refractivity contribution in [3.63, 3.8) is 0 Å². The Hall–Kier alpha value is -2.11. The van der Waals surface area contributed by atoms with E-state index in [1.807, 2.05) is 37.3 Å². The molecule has 0 atom stereocenters. The van der Waals surface area contributed by atoms with Crippen molar-refractivity contribution >= 4 is 37.2 Å². The number of ether oxygens (including phenoxy) is 1. The standard InChI is InChI=1S/C20H24N2O2S/c1-13-12-15(24-4)18(21-10-7-11-22(2)3)17-19(23)14-8-5-6-9-16(14)25-20(13)17/h5-6,8-9,12,21H,7,10-11H2,1-4H3. The minimum Gasteiger partial charge on any atom is -0.495 e. The first-order chi connectivity index (χ1) is 12.0. The van der Waals surface area contributed by atoms with Gasteiger partial charge in [0.1, 0.15) is 5.75 Å². The molecular weight excluding hydrogens is 332 g/mol. The topological polar surface area (TPSA) is 41.6 Å². The van der Waals surface area contributed by atoms with Crippen LogP contribution >= 0.6 is 11.3 Å². The number of nitrogens with one attached hydrogen (secondary N) is 1. The van der Waals surface area contributed by atoms with Crippen molar-refractivity contribution in [3.8, 4) is 5.75 Å². The van der Waals surface area contributed by atoms with Crippen LogP contribution in [0.1, 0.15) is 12.0 Å². The van der Waals surface area contributed by atoms with E-state index in [0.29, 0.717) is 0 Å². The number of hydrogen-bond donors (Lipinski definition) is 1. The Kier molecular flexibility index (Phi) is 5.25. The minimum absolute atomic E-state index is 0.0708. The molecule has 0 aliphatic heterocycles. The molecule has 4 nitrogen and oxygen atoms in total. The second-order valence-electron chi connectivity index (χ2n) is 6.49. The number of rotatable bonds is 6. The van der Waals surface area contributed by atoms with Crippen LogP contribution in [0.15, 0.2) is 35.1 Å². The SMILES string of the molecule is COc1cc(C)c2sc3ccccc3c(=O)c2c1NCCCN(C)C. The fourth-order valence-electron chi connectivity index (χ4n) is 3.05. The van der Waals surface area contributed by atoms with E-state index >= 15 is 0 Å². The lowest BCUT2D eigenvalue weighted by atomic mass is 10.1. The zero-order chi connectivity index (χ0) is 18.0. The van der Waals surface area contributed by atoms with E-state index in [-0.39, 0.29) is 5.43 Å². The lowest BCUT2D eigenvalue weighted by Crippen LogP contribution is -2.17. The molecule has 1 heterocycles. The maximum Gasteiger partial charge on any atom is 0.198 e. The Labute approximate surface area is 152 Å². The summed E-state index contributed by atoms with van der Waals surface area (Å²) in [7, 11) is 5.78. The van der Waals surface area contributed by atoms with Crippen LogP contribution in [0.4, 0.5) is 5.69 Å². The summed E-state index contributed by atoms with van der Waals surface area (Å²) in [6, 6.07) is 9.82. The summed E-state index contributed by atoms with van der Waals surface area (Å²) in [6.45, 7) is 3.82. The summed E-state index contributed by atoms with van der Waals surface area (Å²) in [4.78, 5) is 15.3. The minimum atomic E-state index is 0.0708. The van der Waals surface area contributed by atoms with Crippen LogP contribution in [0.3, 0.4) is 0 Å². The molecule has 3 rings (SSSR count). The van der Waals surface area contributed by atoms with Gasteiger partial charge in [0.2, 0.25) is 0 Å². The molecule has 0 amide bonds. The van der Waals surface area contributed by atoms with Gasteiger partial charge in [0.15, 0.2) is 5.43 Å². The zero-order valence-electron chi connectivity index (χ0n) is 15.2. The summed E-state index contributed by atoms with van der Waals surface area (Å²) in [5, 5.41) is 4.96. The average Bonchev–Trinajstić information content (AvgIpc) is 2.60. The molecule has 0 saturated heterocycles. The number of methoxy groups -OCH3 is 1. The smallest absolute Gasteiger partial charge is 0.198 e. The second kappa shape index (κ2) is 7.42. The Balaban J connectivity index is 2.17. The Morgan fingerprint density at radius 2 is 2.00 bits per heavy atom. The highest BCUT2D eigenvalue weighted by atomic mass is 32.1. The van der Waals surface area contributed by atoms with Crippen molar-refractivity contribution in [2.45, 2.75) is 13.3 Å². The first-order valence-electron chi connectivity index (χ1n) is 8.44. The average molecular weight is 356 g/mol. The van der Waals surface area contributed by atoms with E-state index in [4.69, 9.17) is 4.74 Å². The monoisotopic (exact) mass is 356 g/mol. The van der Waals surface area contributed by atoms with E-state index in [0.717, 1.165) is 56.7 Å². The molecule has 0 spiro atoms. The lowest BCUT2D eigenvalue weighted by molar-refractivity contribution is 0.404. The van der Waals surface area contributed by atoms with Gasteiger partial charge in [-0.15, -0.1) is 11.3 Å². The maximum atomic E-state index is 13.2. The molecular formula is C20H24N2O2S. The number of benzene rings is 2. The fraction of sp³-hybridized carbons (Fsp3) is 0.350. The summed E-state index contributed by atoms with van der Waals surface area (Å²) in [5.74, 6) is 0.731. The summed E-state index contributed by atoms with van der Waals surface area (Å²) >= 11 is 1.67. The highest BCUT2D eigenvalue weighted by molar-refractivity contribution is 7.24. The molecule has 0 bridgehead atoms. The van der Waals surface area contributed by atoms with Gasteiger partial charge in [0.05, 0.1) is 18.2 Å². The third-order valence-electron chi connectivity index (χ3n) is 4.30. The summed E-state index contributed by atoms with van der Waals surface area (Å²) < 4.78 is 7.62. The van der Waals surface area contributed by atoms with E-state index < -0.39 is 0 Å². The molecule has 0 radical (unpaired) electrons. The molecule has 5 heteroatoms. The molecule has 0 aliphatic carbocycles. The van der Waals surface area contributed by atoms with Crippen LogP contribution in [-0.2, 0) is 0 Å². The van der Waals surface area contributed by atoms with Gasteiger partial charge in [0.25, 0.3) is 0 Å². The third-order valence-corrected chi connectivity index (χ3v) is 5.61. The summed E-state index contributed by atoms with van der Waals surface area (Å²) in [5.41, 5.74) is 1.95. The first kappa shape index (κ1) is 17.7. The lowest BCUT2D eigenvalue weighted by Gasteiger charge is -2.16. The molecule has 0 fully saturated rings. The molecule has 1 N–H and O–H groups in total. The Morgan fingerprint density at radius 3 is 2.72 bits per heavy atom. The maximum absolute atomic E-state index is 13.2. The fourth-order valence-corrected chi connectivity index (χ4v) is 4.20. The van der Waals surface area contributed by atoms with Gasteiger partial charge in [-0.2, -0.15) is 0 Å².